The number of aliphatic hydroxyl groups is 1. The molecule has 0 bridgehead atoms. The number of amides is 1. The van der Waals surface area contributed by atoms with Crippen LogP contribution in [0.2, 0.25) is 0 Å². The highest BCUT2D eigenvalue weighted by atomic mass is 19.4. The SMILES string of the molecule is CC(O)C1CCN(C(=O)C2CC2c2ccc(C(F)(F)F)cc2)C1. The van der Waals surface area contributed by atoms with Gasteiger partial charge in [-0.3, -0.25) is 4.79 Å². The Morgan fingerprint density at radius 2 is 1.96 bits per heavy atom. The normalized spacial score (nSPS) is 28.7. The molecule has 1 N–H and O–H groups in total. The molecule has 4 unspecified atom stereocenters. The lowest BCUT2D eigenvalue weighted by atomic mass is 10.0. The van der Waals surface area contributed by atoms with Crippen molar-refractivity contribution in [2.45, 2.75) is 38.0 Å². The predicted octanol–water partition coefficient (Wildman–Crippen LogP) is 3.04. The molecule has 1 heterocycles. The van der Waals surface area contributed by atoms with E-state index in [1.165, 1.54) is 12.1 Å². The van der Waals surface area contributed by atoms with Crippen molar-refractivity contribution in [2.75, 3.05) is 13.1 Å². The van der Waals surface area contributed by atoms with Crippen LogP contribution in [0.1, 0.15) is 36.8 Å². The summed E-state index contributed by atoms with van der Waals surface area (Å²) in [5.74, 6) is 0.0927. The highest BCUT2D eigenvalue weighted by molar-refractivity contribution is 5.83. The largest absolute Gasteiger partial charge is 0.416 e. The van der Waals surface area contributed by atoms with Crippen molar-refractivity contribution in [3.63, 3.8) is 0 Å². The molecule has 1 saturated heterocycles. The third-order valence-corrected chi connectivity index (χ3v) is 4.99. The van der Waals surface area contributed by atoms with Gasteiger partial charge in [0.25, 0.3) is 0 Å². The number of nitrogens with zero attached hydrogens (tertiary/aromatic N) is 1. The van der Waals surface area contributed by atoms with E-state index in [1.54, 1.807) is 11.8 Å². The van der Waals surface area contributed by atoms with Crippen LogP contribution in [0, 0.1) is 11.8 Å². The highest BCUT2D eigenvalue weighted by Gasteiger charge is 2.47. The average Bonchev–Trinajstić information content (AvgIpc) is 3.13. The van der Waals surface area contributed by atoms with Crippen molar-refractivity contribution >= 4 is 5.91 Å². The Kier molecular flexibility index (Phi) is 4.12. The van der Waals surface area contributed by atoms with Gasteiger partial charge in [-0.05, 0) is 43.4 Å². The van der Waals surface area contributed by atoms with Crippen LogP contribution in [0.25, 0.3) is 0 Å². The van der Waals surface area contributed by atoms with Gasteiger partial charge in [0.1, 0.15) is 0 Å². The maximum atomic E-state index is 12.6. The molecule has 4 atom stereocenters. The smallest absolute Gasteiger partial charge is 0.393 e. The number of halogens is 3. The summed E-state index contributed by atoms with van der Waals surface area (Å²) in [5.41, 5.74) is 0.131. The number of aliphatic hydroxyl groups excluding tert-OH is 1. The number of carbonyl (C=O) groups excluding carboxylic acids is 1. The second-order valence-corrected chi connectivity index (χ2v) is 6.64. The maximum absolute atomic E-state index is 12.6. The first kappa shape index (κ1) is 16.3. The summed E-state index contributed by atoms with van der Waals surface area (Å²) in [6.07, 6.45) is -3.25. The van der Waals surface area contributed by atoms with Gasteiger partial charge in [0.15, 0.2) is 0 Å². The van der Waals surface area contributed by atoms with Gasteiger partial charge in [0, 0.05) is 24.9 Å². The minimum Gasteiger partial charge on any atom is -0.393 e. The van der Waals surface area contributed by atoms with E-state index in [0.717, 1.165) is 24.1 Å². The van der Waals surface area contributed by atoms with Crippen molar-refractivity contribution < 1.29 is 23.1 Å². The third kappa shape index (κ3) is 3.37. The highest BCUT2D eigenvalue weighted by Crippen LogP contribution is 2.49. The molecule has 1 aromatic carbocycles. The summed E-state index contributed by atoms with van der Waals surface area (Å²) in [5, 5.41) is 9.60. The van der Waals surface area contributed by atoms with E-state index in [0.29, 0.717) is 19.5 Å². The van der Waals surface area contributed by atoms with Gasteiger partial charge in [-0.2, -0.15) is 13.2 Å². The lowest BCUT2D eigenvalue weighted by molar-refractivity contribution is -0.137. The van der Waals surface area contributed by atoms with E-state index in [4.69, 9.17) is 0 Å². The van der Waals surface area contributed by atoms with Crippen molar-refractivity contribution in [3.8, 4) is 0 Å². The molecule has 1 aliphatic heterocycles. The number of likely N-dealkylation sites (tertiary alicyclic amines) is 1. The van der Waals surface area contributed by atoms with Crippen LogP contribution in [-0.2, 0) is 11.0 Å². The zero-order valence-electron chi connectivity index (χ0n) is 12.9. The van der Waals surface area contributed by atoms with Gasteiger partial charge < -0.3 is 10.0 Å². The second-order valence-electron chi connectivity index (χ2n) is 6.64. The Morgan fingerprint density at radius 1 is 1.30 bits per heavy atom. The quantitative estimate of drug-likeness (QED) is 0.927. The Morgan fingerprint density at radius 3 is 2.48 bits per heavy atom. The fourth-order valence-corrected chi connectivity index (χ4v) is 3.37. The molecule has 3 nitrogen and oxygen atoms in total. The van der Waals surface area contributed by atoms with Gasteiger partial charge in [0.05, 0.1) is 11.7 Å². The summed E-state index contributed by atoms with van der Waals surface area (Å²) in [7, 11) is 0. The average molecular weight is 327 g/mol. The molecule has 6 heteroatoms. The molecular formula is C17H20F3NO2. The number of benzene rings is 1. The number of hydrogen-bond donors (Lipinski definition) is 1. The zero-order valence-corrected chi connectivity index (χ0v) is 12.9. The second kappa shape index (κ2) is 5.82. The molecule has 0 aromatic heterocycles. The van der Waals surface area contributed by atoms with Crippen molar-refractivity contribution in [1.82, 2.24) is 4.90 Å². The van der Waals surface area contributed by atoms with Crippen LogP contribution in [0.15, 0.2) is 24.3 Å². The van der Waals surface area contributed by atoms with Crippen LogP contribution in [-0.4, -0.2) is 35.1 Å². The van der Waals surface area contributed by atoms with E-state index < -0.39 is 17.8 Å². The van der Waals surface area contributed by atoms with Crippen LogP contribution < -0.4 is 0 Å². The van der Waals surface area contributed by atoms with Gasteiger partial charge in [-0.25, -0.2) is 0 Å². The molecule has 2 aliphatic rings. The Bertz CT molecular complexity index is 582. The Balaban J connectivity index is 1.60. The summed E-state index contributed by atoms with van der Waals surface area (Å²) in [6, 6.07) is 5.11. The van der Waals surface area contributed by atoms with Crippen LogP contribution in [0.4, 0.5) is 13.2 Å². The molecular weight excluding hydrogens is 307 g/mol. The summed E-state index contributed by atoms with van der Waals surface area (Å²) >= 11 is 0. The fraction of sp³-hybridized carbons (Fsp3) is 0.588. The fourth-order valence-electron chi connectivity index (χ4n) is 3.37. The first-order valence-corrected chi connectivity index (χ1v) is 7.91. The Labute approximate surface area is 133 Å². The van der Waals surface area contributed by atoms with E-state index in [9.17, 15) is 23.1 Å². The molecule has 126 valence electrons. The minimum atomic E-state index is -4.33. The molecule has 3 rings (SSSR count). The first-order valence-electron chi connectivity index (χ1n) is 7.91. The summed E-state index contributed by atoms with van der Waals surface area (Å²) in [6.45, 7) is 2.97. The molecule has 1 aliphatic carbocycles. The van der Waals surface area contributed by atoms with E-state index in [2.05, 4.69) is 0 Å². The van der Waals surface area contributed by atoms with Gasteiger partial charge in [0.2, 0.25) is 5.91 Å². The molecule has 1 amide bonds. The minimum absolute atomic E-state index is 0.0235. The number of hydrogen-bond acceptors (Lipinski definition) is 2. The standard InChI is InChI=1S/C17H20F3NO2/c1-10(22)12-6-7-21(9-12)16(23)15-8-14(15)11-2-4-13(5-3-11)17(18,19)20/h2-5,10,12,14-15,22H,6-9H2,1H3. The van der Waals surface area contributed by atoms with E-state index >= 15 is 0 Å². The third-order valence-electron chi connectivity index (χ3n) is 4.99. The monoisotopic (exact) mass is 327 g/mol. The lowest BCUT2D eigenvalue weighted by Crippen LogP contribution is -2.31. The van der Waals surface area contributed by atoms with Crippen LogP contribution >= 0.6 is 0 Å². The van der Waals surface area contributed by atoms with E-state index in [-0.39, 0.29) is 23.7 Å². The molecule has 23 heavy (non-hydrogen) atoms. The molecule has 2 fully saturated rings. The number of rotatable bonds is 3. The first-order chi connectivity index (χ1) is 10.8. The topological polar surface area (TPSA) is 40.5 Å². The van der Waals surface area contributed by atoms with Gasteiger partial charge in [-0.15, -0.1) is 0 Å². The summed E-state index contributed by atoms with van der Waals surface area (Å²) < 4.78 is 37.7. The number of alkyl halides is 3. The molecule has 1 aromatic rings. The van der Waals surface area contributed by atoms with E-state index in [1.807, 2.05) is 0 Å². The lowest BCUT2D eigenvalue weighted by Gasteiger charge is -2.18. The van der Waals surface area contributed by atoms with Gasteiger partial charge in [-0.1, -0.05) is 12.1 Å². The van der Waals surface area contributed by atoms with Crippen molar-refractivity contribution in [1.29, 1.82) is 0 Å². The molecule has 0 spiro atoms. The van der Waals surface area contributed by atoms with Crippen molar-refractivity contribution in [2.24, 2.45) is 11.8 Å². The summed E-state index contributed by atoms with van der Waals surface area (Å²) in [4.78, 5) is 14.2. The van der Waals surface area contributed by atoms with Crippen molar-refractivity contribution in [3.05, 3.63) is 35.4 Å². The van der Waals surface area contributed by atoms with Crippen LogP contribution in [0.5, 0.6) is 0 Å². The number of carbonyl (C=O) groups is 1. The zero-order chi connectivity index (χ0) is 16.8. The molecule has 0 radical (unpaired) electrons. The maximum Gasteiger partial charge on any atom is 0.416 e. The van der Waals surface area contributed by atoms with Crippen LogP contribution in [0.3, 0.4) is 0 Å². The molecule has 1 saturated carbocycles. The predicted molar refractivity (Wildman–Crippen MR) is 78.7 cm³/mol. The Hall–Kier alpha value is -1.56. The van der Waals surface area contributed by atoms with Gasteiger partial charge >= 0.3 is 6.18 Å².